The van der Waals surface area contributed by atoms with E-state index in [0.29, 0.717) is 12.6 Å². The van der Waals surface area contributed by atoms with Gasteiger partial charge in [-0.3, -0.25) is 0 Å². The topological polar surface area (TPSA) is 58.5 Å². The zero-order valence-corrected chi connectivity index (χ0v) is 9.45. The van der Waals surface area contributed by atoms with Crippen molar-refractivity contribution in [1.82, 2.24) is 9.80 Å². The lowest BCUT2D eigenvalue weighted by molar-refractivity contribution is 0.139. The van der Waals surface area contributed by atoms with Gasteiger partial charge in [0, 0.05) is 25.2 Å². The van der Waals surface area contributed by atoms with Crippen molar-refractivity contribution < 1.29 is 0 Å². The van der Waals surface area contributed by atoms with Crippen molar-refractivity contribution in [2.24, 2.45) is 11.5 Å². The van der Waals surface area contributed by atoms with Crippen LogP contribution in [0.4, 0.5) is 0 Å². The molecule has 1 aliphatic heterocycles. The fraction of sp³-hybridized carbons (Fsp3) is 1.00. The molecule has 1 saturated heterocycles. The van der Waals surface area contributed by atoms with Crippen LogP contribution in [-0.2, 0) is 0 Å². The normalized spacial score (nSPS) is 22.9. The highest BCUT2D eigenvalue weighted by molar-refractivity contribution is 4.79. The third kappa shape index (κ3) is 3.53. The van der Waals surface area contributed by atoms with Gasteiger partial charge in [-0.25, -0.2) is 0 Å². The molecule has 14 heavy (non-hydrogen) atoms. The number of rotatable bonds is 4. The molecule has 0 saturated carbocycles. The van der Waals surface area contributed by atoms with Gasteiger partial charge in [-0.05, 0) is 40.0 Å². The van der Waals surface area contributed by atoms with E-state index in [2.05, 4.69) is 23.9 Å². The van der Waals surface area contributed by atoms with Gasteiger partial charge in [0.25, 0.3) is 0 Å². The summed E-state index contributed by atoms with van der Waals surface area (Å²) >= 11 is 0. The first-order valence-electron chi connectivity index (χ1n) is 5.48. The minimum Gasteiger partial charge on any atom is -0.329 e. The summed E-state index contributed by atoms with van der Waals surface area (Å²) < 4.78 is 0. The quantitative estimate of drug-likeness (QED) is 0.630. The second-order valence-electron chi connectivity index (χ2n) is 4.47. The van der Waals surface area contributed by atoms with E-state index in [1.807, 2.05) is 0 Å². The summed E-state index contributed by atoms with van der Waals surface area (Å²) in [6, 6.07) is 0.823. The number of hydrogen-bond donors (Lipinski definition) is 2. The monoisotopic (exact) mass is 200 g/mol. The van der Waals surface area contributed by atoms with Crippen molar-refractivity contribution in [3.63, 3.8) is 0 Å². The molecule has 84 valence electrons. The first kappa shape index (κ1) is 11.9. The van der Waals surface area contributed by atoms with Gasteiger partial charge in [0.2, 0.25) is 0 Å². The van der Waals surface area contributed by atoms with Gasteiger partial charge in [0.1, 0.15) is 0 Å². The SMILES string of the molecule is CN1CCC(N(C)CC(N)CN)CC1. The van der Waals surface area contributed by atoms with Gasteiger partial charge in [-0.2, -0.15) is 0 Å². The number of piperidine rings is 1. The molecule has 1 heterocycles. The molecule has 0 radical (unpaired) electrons. The molecule has 0 aromatic rings. The van der Waals surface area contributed by atoms with Gasteiger partial charge in [0.15, 0.2) is 0 Å². The fourth-order valence-electron chi connectivity index (χ4n) is 2.03. The molecular weight excluding hydrogens is 176 g/mol. The number of nitrogens with zero attached hydrogens (tertiary/aromatic N) is 2. The maximum atomic E-state index is 5.83. The van der Waals surface area contributed by atoms with Crippen LogP contribution in [0.1, 0.15) is 12.8 Å². The Labute approximate surface area is 87.2 Å². The standard InChI is InChI=1S/C10H24N4/c1-13-5-3-10(4-6-13)14(2)8-9(12)7-11/h9-10H,3-8,11-12H2,1-2H3. The minimum atomic E-state index is 0.125. The van der Waals surface area contributed by atoms with Gasteiger partial charge in [-0.15, -0.1) is 0 Å². The first-order valence-corrected chi connectivity index (χ1v) is 5.48. The van der Waals surface area contributed by atoms with Gasteiger partial charge in [0.05, 0.1) is 0 Å². The van der Waals surface area contributed by atoms with E-state index in [4.69, 9.17) is 11.5 Å². The molecule has 0 bridgehead atoms. The smallest absolute Gasteiger partial charge is 0.0292 e. The largest absolute Gasteiger partial charge is 0.329 e. The van der Waals surface area contributed by atoms with Crippen LogP contribution in [-0.4, -0.2) is 62.2 Å². The number of hydrogen-bond acceptors (Lipinski definition) is 4. The molecule has 4 N–H and O–H groups in total. The Kier molecular flexibility index (Phi) is 4.81. The Balaban J connectivity index is 2.26. The maximum Gasteiger partial charge on any atom is 0.0292 e. The molecule has 1 unspecified atom stereocenters. The Morgan fingerprint density at radius 2 is 2.00 bits per heavy atom. The molecule has 1 fully saturated rings. The van der Waals surface area contributed by atoms with Crippen LogP contribution in [0.5, 0.6) is 0 Å². The highest BCUT2D eigenvalue weighted by atomic mass is 15.2. The maximum absolute atomic E-state index is 5.83. The molecule has 0 amide bonds. The fourth-order valence-corrected chi connectivity index (χ4v) is 2.03. The molecule has 0 aromatic carbocycles. The highest BCUT2D eigenvalue weighted by Crippen LogP contribution is 2.13. The molecular formula is C10H24N4. The van der Waals surface area contributed by atoms with E-state index in [0.717, 1.165) is 6.54 Å². The highest BCUT2D eigenvalue weighted by Gasteiger charge is 2.21. The summed E-state index contributed by atoms with van der Waals surface area (Å²) in [5.74, 6) is 0. The van der Waals surface area contributed by atoms with Crippen LogP contribution in [0.15, 0.2) is 0 Å². The number of likely N-dealkylation sites (N-methyl/N-ethyl adjacent to an activating group) is 1. The first-order chi connectivity index (χ1) is 6.63. The van der Waals surface area contributed by atoms with Crippen LogP contribution in [0.25, 0.3) is 0 Å². The Morgan fingerprint density at radius 1 is 1.43 bits per heavy atom. The molecule has 1 aliphatic rings. The average molecular weight is 200 g/mol. The van der Waals surface area contributed by atoms with Crippen LogP contribution >= 0.6 is 0 Å². The summed E-state index contributed by atoms with van der Waals surface area (Å²) in [6.07, 6.45) is 2.51. The lowest BCUT2D eigenvalue weighted by Crippen LogP contribution is -2.48. The van der Waals surface area contributed by atoms with Gasteiger partial charge >= 0.3 is 0 Å². The van der Waals surface area contributed by atoms with E-state index in [1.54, 1.807) is 0 Å². The van der Waals surface area contributed by atoms with Crippen molar-refractivity contribution in [2.45, 2.75) is 24.9 Å². The summed E-state index contributed by atoms with van der Waals surface area (Å²) in [4.78, 5) is 4.75. The van der Waals surface area contributed by atoms with Crippen molar-refractivity contribution >= 4 is 0 Å². The summed E-state index contributed by atoms with van der Waals surface area (Å²) in [7, 11) is 4.34. The molecule has 0 aromatic heterocycles. The average Bonchev–Trinajstić information content (AvgIpc) is 2.18. The predicted octanol–water partition coefficient (Wildman–Crippen LogP) is -0.702. The molecule has 4 heteroatoms. The Bertz CT molecular complexity index is 154. The van der Waals surface area contributed by atoms with Crippen molar-refractivity contribution in [2.75, 3.05) is 40.3 Å². The Morgan fingerprint density at radius 3 is 2.50 bits per heavy atom. The van der Waals surface area contributed by atoms with Gasteiger partial charge in [-0.1, -0.05) is 0 Å². The van der Waals surface area contributed by atoms with Crippen LogP contribution in [0.3, 0.4) is 0 Å². The molecule has 0 spiro atoms. The summed E-state index contributed by atoms with van der Waals surface area (Å²) in [5.41, 5.74) is 11.3. The molecule has 4 nitrogen and oxygen atoms in total. The minimum absolute atomic E-state index is 0.125. The van der Waals surface area contributed by atoms with Crippen LogP contribution < -0.4 is 11.5 Å². The Hall–Kier alpha value is -0.160. The summed E-state index contributed by atoms with van der Waals surface area (Å²) in [5, 5.41) is 0. The van der Waals surface area contributed by atoms with Crippen molar-refractivity contribution in [3.8, 4) is 0 Å². The van der Waals surface area contributed by atoms with Crippen LogP contribution in [0, 0.1) is 0 Å². The van der Waals surface area contributed by atoms with E-state index in [9.17, 15) is 0 Å². The number of likely N-dealkylation sites (tertiary alicyclic amines) is 1. The molecule has 1 atom stereocenters. The summed E-state index contributed by atoms with van der Waals surface area (Å²) in [6.45, 7) is 3.90. The van der Waals surface area contributed by atoms with E-state index in [-0.39, 0.29) is 6.04 Å². The van der Waals surface area contributed by atoms with Gasteiger partial charge < -0.3 is 21.3 Å². The van der Waals surface area contributed by atoms with E-state index >= 15 is 0 Å². The second-order valence-corrected chi connectivity index (χ2v) is 4.47. The molecule has 1 rings (SSSR count). The second kappa shape index (κ2) is 5.66. The molecule has 0 aliphatic carbocycles. The lowest BCUT2D eigenvalue weighted by Gasteiger charge is -2.36. The van der Waals surface area contributed by atoms with Crippen molar-refractivity contribution in [3.05, 3.63) is 0 Å². The zero-order valence-electron chi connectivity index (χ0n) is 9.45. The van der Waals surface area contributed by atoms with E-state index < -0.39 is 0 Å². The third-order valence-electron chi connectivity index (χ3n) is 3.14. The third-order valence-corrected chi connectivity index (χ3v) is 3.14. The number of nitrogens with two attached hydrogens (primary N) is 2. The predicted molar refractivity (Wildman–Crippen MR) is 60.2 cm³/mol. The van der Waals surface area contributed by atoms with E-state index in [1.165, 1.54) is 25.9 Å². The zero-order chi connectivity index (χ0) is 10.6. The lowest BCUT2D eigenvalue weighted by atomic mass is 10.0. The van der Waals surface area contributed by atoms with Crippen molar-refractivity contribution in [1.29, 1.82) is 0 Å². The van der Waals surface area contributed by atoms with Crippen LogP contribution in [0.2, 0.25) is 0 Å².